The van der Waals surface area contributed by atoms with Crippen LogP contribution in [0.15, 0.2) is 22.7 Å². The van der Waals surface area contributed by atoms with E-state index in [4.69, 9.17) is 0 Å². The first-order valence-corrected chi connectivity index (χ1v) is 7.26. The number of nitrogens with one attached hydrogen (secondary N) is 1. The summed E-state index contributed by atoms with van der Waals surface area (Å²) < 4.78 is 0.784. The summed E-state index contributed by atoms with van der Waals surface area (Å²) in [6.45, 7) is 3.24. The van der Waals surface area contributed by atoms with Crippen molar-refractivity contribution < 1.29 is 9.90 Å². The minimum absolute atomic E-state index is 0.320. The maximum absolute atomic E-state index is 11.3. The number of carbonyl (C=O) groups is 1. The van der Waals surface area contributed by atoms with Crippen molar-refractivity contribution >= 4 is 27.6 Å². The van der Waals surface area contributed by atoms with Gasteiger partial charge in [-0.05, 0) is 45.0 Å². The van der Waals surface area contributed by atoms with E-state index in [1.807, 2.05) is 12.1 Å². The van der Waals surface area contributed by atoms with Crippen molar-refractivity contribution in [2.45, 2.75) is 31.8 Å². The Labute approximate surface area is 121 Å². The molecule has 0 spiro atoms. The largest absolute Gasteiger partial charge is 0.478 e. The van der Waals surface area contributed by atoms with E-state index < -0.39 is 5.97 Å². The Morgan fingerprint density at radius 1 is 1.53 bits per heavy atom. The summed E-state index contributed by atoms with van der Waals surface area (Å²) in [6.07, 6.45) is 2.07. The number of benzene rings is 1. The highest BCUT2D eigenvalue weighted by Gasteiger charge is 2.23. The topological polar surface area (TPSA) is 52.6 Å². The Morgan fingerprint density at radius 2 is 2.26 bits per heavy atom. The Kier molecular flexibility index (Phi) is 4.47. The van der Waals surface area contributed by atoms with Crippen molar-refractivity contribution in [3.05, 3.63) is 28.2 Å². The molecule has 2 N–H and O–H groups in total. The highest BCUT2D eigenvalue weighted by molar-refractivity contribution is 9.10. The number of aromatic carboxylic acids is 1. The number of rotatable bonds is 3. The van der Waals surface area contributed by atoms with E-state index in [9.17, 15) is 9.90 Å². The van der Waals surface area contributed by atoms with Crippen LogP contribution >= 0.6 is 15.9 Å². The van der Waals surface area contributed by atoms with Crippen LogP contribution in [0.3, 0.4) is 0 Å². The third-order valence-electron chi connectivity index (χ3n) is 3.78. The summed E-state index contributed by atoms with van der Waals surface area (Å²) >= 11 is 3.31. The number of carboxylic acid groups (broad SMARTS) is 1. The predicted octanol–water partition coefficient (Wildman–Crippen LogP) is 3.04. The first-order chi connectivity index (χ1) is 8.97. The second kappa shape index (κ2) is 5.92. The van der Waals surface area contributed by atoms with E-state index >= 15 is 0 Å². The number of halogens is 1. The van der Waals surface area contributed by atoms with E-state index in [-0.39, 0.29) is 0 Å². The molecule has 1 aromatic carbocycles. The van der Waals surface area contributed by atoms with Gasteiger partial charge in [0.1, 0.15) is 0 Å². The Hall–Kier alpha value is -1.07. The van der Waals surface area contributed by atoms with Gasteiger partial charge in [0.25, 0.3) is 0 Å². The molecule has 104 valence electrons. The zero-order chi connectivity index (χ0) is 14.0. The molecule has 0 saturated carbocycles. The summed E-state index contributed by atoms with van der Waals surface area (Å²) in [5.41, 5.74) is 1.03. The summed E-state index contributed by atoms with van der Waals surface area (Å²) in [5, 5.41) is 12.6. The van der Waals surface area contributed by atoms with Crippen molar-refractivity contribution in [1.82, 2.24) is 4.90 Å². The predicted molar refractivity (Wildman–Crippen MR) is 79.8 cm³/mol. The lowest BCUT2D eigenvalue weighted by molar-refractivity contribution is 0.0697. The van der Waals surface area contributed by atoms with Crippen molar-refractivity contribution in [2.75, 3.05) is 18.9 Å². The lowest BCUT2D eigenvalue weighted by Gasteiger charge is -2.36. The smallest absolute Gasteiger partial charge is 0.337 e. The van der Waals surface area contributed by atoms with Crippen molar-refractivity contribution in [3.8, 4) is 0 Å². The van der Waals surface area contributed by atoms with E-state index in [0.29, 0.717) is 23.3 Å². The number of hydrogen-bond acceptors (Lipinski definition) is 3. The molecule has 1 saturated heterocycles. The SMILES string of the molecule is CC1CC(Nc2ccc(Br)cc2C(=O)O)CCN1C. The third-order valence-corrected chi connectivity index (χ3v) is 4.27. The zero-order valence-electron chi connectivity index (χ0n) is 11.2. The number of likely N-dealkylation sites (tertiary alicyclic amines) is 1. The molecule has 2 rings (SSSR count). The number of piperidine rings is 1. The van der Waals surface area contributed by atoms with Crippen molar-refractivity contribution in [1.29, 1.82) is 0 Å². The molecule has 2 unspecified atom stereocenters. The van der Waals surface area contributed by atoms with Crippen LogP contribution in [0.5, 0.6) is 0 Å². The molecule has 1 aliphatic heterocycles. The number of nitrogens with zero attached hydrogens (tertiary/aromatic N) is 1. The molecule has 5 heteroatoms. The van der Waals surface area contributed by atoms with Gasteiger partial charge in [0, 0.05) is 28.8 Å². The molecule has 19 heavy (non-hydrogen) atoms. The fraction of sp³-hybridized carbons (Fsp3) is 0.500. The normalized spacial score (nSPS) is 24.2. The molecule has 0 aliphatic carbocycles. The van der Waals surface area contributed by atoms with Crippen LogP contribution in [-0.4, -0.2) is 41.7 Å². The van der Waals surface area contributed by atoms with E-state index in [2.05, 4.69) is 40.1 Å². The van der Waals surface area contributed by atoms with Gasteiger partial charge in [-0.1, -0.05) is 15.9 Å². The van der Waals surface area contributed by atoms with Gasteiger partial charge in [0.15, 0.2) is 0 Å². The minimum Gasteiger partial charge on any atom is -0.478 e. The summed E-state index contributed by atoms with van der Waals surface area (Å²) in [7, 11) is 2.13. The lowest BCUT2D eigenvalue weighted by atomic mass is 9.98. The molecule has 1 aromatic rings. The fourth-order valence-corrected chi connectivity index (χ4v) is 2.82. The van der Waals surface area contributed by atoms with E-state index in [1.54, 1.807) is 6.07 Å². The van der Waals surface area contributed by atoms with Gasteiger partial charge >= 0.3 is 5.97 Å². The molecular formula is C14H19BrN2O2. The molecule has 1 aliphatic rings. The van der Waals surface area contributed by atoms with E-state index in [1.165, 1.54) is 0 Å². The number of anilines is 1. The first kappa shape index (κ1) is 14.3. The fourth-order valence-electron chi connectivity index (χ4n) is 2.46. The second-order valence-corrected chi connectivity index (χ2v) is 6.11. The molecule has 1 fully saturated rings. The Morgan fingerprint density at radius 3 is 2.89 bits per heavy atom. The number of hydrogen-bond donors (Lipinski definition) is 2. The second-order valence-electron chi connectivity index (χ2n) is 5.19. The highest BCUT2D eigenvalue weighted by Crippen LogP contribution is 2.25. The quantitative estimate of drug-likeness (QED) is 0.896. The van der Waals surface area contributed by atoms with Gasteiger partial charge in [-0.15, -0.1) is 0 Å². The lowest BCUT2D eigenvalue weighted by Crippen LogP contribution is -2.42. The maximum Gasteiger partial charge on any atom is 0.337 e. The molecule has 2 atom stereocenters. The average Bonchev–Trinajstić information content (AvgIpc) is 2.36. The minimum atomic E-state index is -0.898. The summed E-state index contributed by atoms with van der Waals surface area (Å²) in [4.78, 5) is 13.6. The molecule has 4 nitrogen and oxygen atoms in total. The van der Waals surface area contributed by atoms with Crippen LogP contribution in [0.2, 0.25) is 0 Å². The first-order valence-electron chi connectivity index (χ1n) is 6.47. The molecule has 0 radical (unpaired) electrons. The molecule has 0 amide bonds. The Bertz CT molecular complexity index is 479. The van der Waals surface area contributed by atoms with Gasteiger partial charge in [-0.2, -0.15) is 0 Å². The van der Waals surface area contributed by atoms with Crippen LogP contribution in [0, 0.1) is 0 Å². The maximum atomic E-state index is 11.3. The van der Waals surface area contributed by atoms with Crippen molar-refractivity contribution in [3.63, 3.8) is 0 Å². The average molecular weight is 327 g/mol. The number of carboxylic acids is 1. The van der Waals surface area contributed by atoms with Gasteiger partial charge in [-0.25, -0.2) is 4.79 Å². The third kappa shape index (κ3) is 3.48. The zero-order valence-corrected chi connectivity index (χ0v) is 12.8. The van der Waals surface area contributed by atoms with Gasteiger partial charge < -0.3 is 15.3 Å². The van der Waals surface area contributed by atoms with E-state index in [0.717, 1.165) is 23.9 Å². The van der Waals surface area contributed by atoms with Crippen LogP contribution in [0.4, 0.5) is 5.69 Å². The van der Waals surface area contributed by atoms with Crippen LogP contribution in [0.25, 0.3) is 0 Å². The Balaban J connectivity index is 2.13. The summed E-state index contributed by atoms with van der Waals surface area (Å²) in [6, 6.07) is 6.20. The van der Waals surface area contributed by atoms with Crippen molar-refractivity contribution in [2.24, 2.45) is 0 Å². The molecular weight excluding hydrogens is 308 g/mol. The van der Waals surface area contributed by atoms with Gasteiger partial charge in [-0.3, -0.25) is 0 Å². The summed E-state index contributed by atoms with van der Waals surface area (Å²) in [5.74, 6) is -0.898. The highest BCUT2D eigenvalue weighted by atomic mass is 79.9. The molecule has 0 aromatic heterocycles. The molecule has 1 heterocycles. The van der Waals surface area contributed by atoms with Gasteiger partial charge in [0.2, 0.25) is 0 Å². The van der Waals surface area contributed by atoms with Crippen LogP contribution in [-0.2, 0) is 0 Å². The molecule has 0 bridgehead atoms. The van der Waals surface area contributed by atoms with Gasteiger partial charge in [0.05, 0.1) is 5.56 Å². The standard InChI is InChI=1S/C14H19BrN2O2/c1-9-7-11(5-6-17(9)2)16-13-4-3-10(15)8-12(13)14(18)19/h3-4,8-9,11,16H,5-7H2,1-2H3,(H,18,19). The monoisotopic (exact) mass is 326 g/mol. The van der Waals surface area contributed by atoms with Crippen LogP contribution < -0.4 is 5.32 Å². The van der Waals surface area contributed by atoms with Crippen LogP contribution in [0.1, 0.15) is 30.1 Å².